The Hall–Kier alpha value is -2.37. The molecule has 2 N–H and O–H groups in total. The standard InChI is InChI=1S/C17H22N2O4/c1-12(20)18-9-8-16(21)19-10-2-3-15(11-19)13-4-6-14(7-5-13)17(22)23/h4-7,15H,2-3,8-11H2,1H3,(H,18,20)(H,22,23). The summed E-state index contributed by atoms with van der Waals surface area (Å²) in [6.07, 6.45) is 2.23. The Balaban J connectivity index is 1.93. The predicted molar refractivity (Wildman–Crippen MR) is 85.3 cm³/mol. The van der Waals surface area contributed by atoms with Crippen molar-refractivity contribution in [2.45, 2.75) is 32.1 Å². The molecule has 1 aliphatic rings. The van der Waals surface area contributed by atoms with Crippen molar-refractivity contribution in [3.8, 4) is 0 Å². The van der Waals surface area contributed by atoms with Gasteiger partial charge in [-0.25, -0.2) is 4.79 Å². The Bertz CT molecular complexity index is 583. The van der Waals surface area contributed by atoms with Gasteiger partial charge in [0, 0.05) is 38.9 Å². The van der Waals surface area contributed by atoms with Crippen molar-refractivity contribution < 1.29 is 19.5 Å². The van der Waals surface area contributed by atoms with Gasteiger partial charge in [0.25, 0.3) is 0 Å². The summed E-state index contributed by atoms with van der Waals surface area (Å²) in [5.41, 5.74) is 1.34. The number of piperidine rings is 1. The lowest BCUT2D eigenvalue weighted by molar-refractivity contribution is -0.132. The number of carboxylic acid groups (broad SMARTS) is 1. The fourth-order valence-electron chi connectivity index (χ4n) is 2.88. The Morgan fingerprint density at radius 3 is 2.57 bits per heavy atom. The number of amides is 2. The van der Waals surface area contributed by atoms with Crippen LogP contribution in [0.5, 0.6) is 0 Å². The lowest BCUT2D eigenvalue weighted by Gasteiger charge is -2.33. The molecule has 0 saturated carbocycles. The minimum Gasteiger partial charge on any atom is -0.478 e. The van der Waals surface area contributed by atoms with Crippen molar-refractivity contribution in [2.24, 2.45) is 0 Å². The lowest BCUT2D eigenvalue weighted by atomic mass is 9.90. The van der Waals surface area contributed by atoms with E-state index in [4.69, 9.17) is 5.11 Å². The summed E-state index contributed by atoms with van der Waals surface area (Å²) in [5.74, 6) is -0.787. The zero-order valence-electron chi connectivity index (χ0n) is 13.2. The normalized spacial score (nSPS) is 17.6. The fourth-order valence-corrected chi connectivity index (χ4v) is 2.88. The van der Waals surface area contributed by atoms with Crippen LogP contribution in [0.3, 0.4) is 0 Å². The van der Waals surface area contributed by atoms with Crippen LogP contribution in [-0.2, 0) is 9.59 Å². The number of carbonyl (C=O) groups excluding carboxylic acids is 2. The molecule has 0 aromatic heterocycles. The molecular weight excluding hydrogens is 296 g/mol. The van der Waals surface area contributed by atoms with Crippen molar-refractivity contribution in [3.63, 3.8) is 0 Å². The lowest BCUT2D eigenvalue weighted by Crippen LogP contribution is -2.40. The summed E-state index contributed by atoms with van der Waals surface area (Å²) in [7, 11) is 0. The minimum atomic E-state index is -0.935. The second kappa shape index (κ2) is 7.76. The number of hydrogen-bond donors (Lipinski definition) is 2. The average molecular weight is 318 g/mol. The van der Waals surface area contributed by atoms with E-state index in [0.717, 1.165) is 24.9 Å². The summed E-state index contributed by atoms with van der Waals surface area (Å²) < 4.78 is 0. The van der Waals surface area contributed by atoms with Crippen LogP contribution in [0, 0.1) is 0 Å². The van der Waals surface area contributed by atoms with Crippen LogP contribution in [0.25, 0.3) is 0 Å². The van der Waals surface area contributed by atoms with Crippen molar-refractivity contribution in [1.82, 2.24) is 10.2 Å². The topological polar surface area (TPSA) is 86.7 Å². The number of carbonyl (C=O) groups is 3. The molecule has 1 atom stereocenters. The summed E-state index contributed by atoms with van der Waals surface area (Å²) in [6, 6.07) is 6.88. The van der Waals surface area contributed by atoms with E-state index in [1.807, 2.05) is 17.0 Å². The number of carboxylic acids is 1. The van der Waals surface area contributed by atoms with Gasteiger partial charge < -0.3 is 15.3 Å². The van der Waals surface area contributed by atoms with E-state index in [1.165, 1.54) is 6.92 Å². The molecule has 1 fully saturated rings. The Morgan fingerprint density at radius 1 is 1.26 bits per heavy atom. The smallest absolute Gasteiger partial charge is 0.335 e. The highest BCUT2D eigenvalue weighted by Crippen LogP contribution is 2.27. The summed E-state index contributed by atoms with van der Waals surface area (Å²) in [5, 5.41) is 11.6. The van der Waals surface area contributed by atoms with Gasteiger partial charge in [-0.3, -0.25) is 9.59 Å². The van der Waals surface area contributed by atoms with Crippen LogP contribution < -0.4 is 5.32 Å². The summed E-state index contributed by atoms with van der Waals surface area (Å²) >= 11 is 0. The highest BCUT2D eigenvalue weighted by Gasteiger charge is 2.24. The third-order valence-electron chi connectivity index (χ3n) is 4.12. The van der Waals surface area contributed by atoms with Gasteiger partial charge >= 0.3 is 5.97 Å². The molecule has 0 spiro atoms. The van der Waals surface area contributed by atoms with Gasteiger partial charge in [-0.05, 0) is 30.5 Å². The molecule has 2 rings (SSSR count). The molecule has 124 valence electrons. The zero-order chi connectivity index (χ0) is 16.8. The highest BCUT2D eigenvalue weighted by molar-refractivity contribution is 5.87. The minimum absolute atomic E-state index is 0.0469. The first kappa shape index (κ1) is 17.0. The molecular formula is C17H22N2O4. The first-order chi connectivity index (χ1) is 11.0. The number of benzene rings is 1. The van der Waals surface area contributed by atoms with Gasteiger partial charge in [-0.2, -0.15) is 0 Å². The molecule has 6 heteroatoms. The van der Waals surface area contributed by atoms with Crippen LogP contribution in [0.1, 0.15) is 48.0 Å². The third kappa shape index (κ3) is 4.81. The van der Waals surface area contributed by atoms with Crippen molar-refractivity contribution in [1.29, 1.82) is 0 Å². The van der Waals surface area contributed by atoms with Crippen molar-refractivity contribution in [3.05, 3.63) is 35.4 Å². The van der Waals surface area contributed by atoms with Gasteiger partial charge in [-0.15, -0.1) is 0 Å². The van der Waals surface area contributed by atoms with E-state index in [-0.39, 0.29) is 23.3 Å². The first-order valence-electron chi connectivity index (χ1n) is 7.83. The molecule has 1 aliphatic heterocycles. The predicted octanol–water partition coefficient (Wildman–Crippen LogP) is 1.62. The van der Waals surface area contributed by atoms with Gasteiger partial charge in [0.1, 0.15) is 0 Å². The molecule has 23 heavy (non-hydrogen) atoms. The molecule has 0 radical (unpaired) electrons. The Kier molecular flexibility index (Phi) is 5.73. The second-order valence-electron chi connectivity index (χ2n) is 5.84. The molecule has 0 bridgehead atoms. The Labute approximate surface area is 135 Å². The van der Waals surface area contributed by atoms with Crippen LogP contribution in [0.15, 0.2) is 24.3 Å². The van der Waals surface area contributed by atoms with E-state index in [9.17, 15) is 14.4 Å². The molecule has 1 aromatic rings. The largest absolute Gasteiger partial charge is 0.478 e. The number of likely N-dealkylation sites (tertiary alicyclic amines) is 1. The number of aromatic carboxylic acids is 1. The SMILES string of the molecule is CC(=O)NCCC(=O)N1CCCC(c2ccc(C(=O)O)cc2)C1. The van der Waals surface area contributed by atoms with E-state index in [0.29, 0.717) is 19.5 Å². The summed E-state index contributed by atoms with van der Waals surface area (Å²) in [4.78, 5) is 35.8. The zero-order valence-corrected chi connectivity index (χ0v) is 13.2. The number of rotatable bonds is 5. The monoisotopic (exact) mass is 318 g/mol. The molecule has 1 aromatic carbocycles. The number of nitrogens with zero attached hydrogens (tertiary/aromatic N) is 1. The first-order valence-corrected chi connectivity index (χ1v) is 7.83. The second-order valence-corrected chi connectivity index (χ2v) is 5.84. The van der Waals surface area contributed by atoms with E-state index >= 15 is 0 Å². The molecule has 1 heterocycles. The third-order valence-corrected chi connectivity index (χ3v) is 4.12. The van der Waals surface area contributed by atoms with Gasteiger partial charge in [0.2, 0.25) is 11.8 Å². The molecule has 1 unspecified atom stereocenters. The van der Waals surface area contributed by atoms with E-state index in [2.05, 4.69) is 5.32 Å². The molecule has 6 nitrogen and oxygen atoms in total. The fraction of sp³-hybridized carbons (Fsp3) is 0.471. The average Bonchev–Trinajstić information content (AvgIpc) is 2.54. The van der Waals surface area contributed by atoms with Gasteiger partial charge in [0.05, 0.1) is 5.56 Å². The van der Waals surface area contributed by atoms with Gasteiger partial charge in [0.15, 0.2) is 0 Å². The summed E-state index contributed by atoms with van der Waals surface area (Å²) in [6.45, 7) is 3.18. The highest BCUT2D eigenvalue weighted by atomic mass is 16.4. The Morgan fingerprint density at radius 2 is 1.96 bits per heavy atom. The van der Waals surface area contributed by atoms with Crippen molar-refractivity contribution in [2.75, 3.05) is 19.6 Å². The molecule has 2 amide bonds. The van der Waals surface area contributed by atoms with Crippen molar-refractivity contribution >= 4 is 17.8 Å². The number of nitrogens with one attached hydrogen (secondary N) is 1. The quantitative estimate of drug-likeness (QED) is 0.863. The van der Waals surface area contributed by atoms with E-state index in [1.54, 1.807) is 12.1 Å². The van der Waals surface area contributed by atoms with Crippen LogP contribution in [0.2, 0.25) is 0 Å². The van der Waals surface area contributed by atoms with Gasteiger partial charge in [-0.1, -0.05) is 12.1 Å². The van der Waals surface area contributed by atoms with Crippen LogP contribution in [0.4, 0.5) is 0 Å². The van der Waals surface area contributed by atoms with Crippen LogP contribution >= 0.6 is 0 Å². The molecule has 0 aliphatic carbocycles. The maximum absolute atomic E-state index is 12.2. The maximum atomic E-state index is 12.2. The number of hydrogen-bond acceptors (Lipinski definition) is 3. The van der Waals surface area contributed by atoms with Crippen LogP contribution in [-0.4, -0.2) is 47.4 Å². The van der Waals surface area contributed by atoms with E-state index < -0.39 is 5.97 Å². The maximum Gasteiger partial charge on any atom is 0.335 e. The molecule has 1 saturated heterocycles.